The van der Waals surface area contributed by atoms with Gasteiger partial charge in [0.1, 0.15) is 17.2 Å². The van der Waals surface area contributed by atoms with Gasteiger partial charge in [0, 0.05) is 0 Å². The molecule has 0 saturated heterocycles. The molecule has 0 aliphatic heterocycles. The number of benzene rings is 3. The summed E-state index contributed by atoms with van der Waals surface area (Å²) in [5.41, 5.74) is 7.48. The normalized spacial score (nSPS) is 10.9. The number of phenolic OH excluding ortho intramolecular Hbond substituents is 3. The summed E-state index contributed by atoms with van der Waals surface area (Å²) in [5, 5.41) is 29.8. The van der Waals surface area contributed by atoms with Crippen molar-refractivity contribution in [3.63, 3.8) is 0 Å². The highest BCUT2D eigenvalue weighted by Crippen LogP contribution is 2.29. The van der Waals surface area contributed by atoms with E-state index in [1.165, 1.54) is 0 Å². The summed E-state index contributed by atoms with van der Waals surface area (Å²) in [4.78, 5) is 0. The number of rotatable bonds is 4. The van der Waals surface area contributed by atoms with Crippen LogP contribution in [0, 0.1) is 20.8 Å². The van der Waals surface area contributed by atoms with Gasteiger partial charge in [0.15, 0.2) is 0 Å². The van der Waals surface area contributed by atoms with E-state index in [0.717, 1.165) is 38.9 Å². The minimum atomic E-state index is 0.233. The molecule has 3 N–H and O–H groups in total. The van der Waals surface area contributed by atoms with Gasteiger partial charge in [-0.25, -0.2) is 0 Å². The number of aryl methyl sites for hydroxylation is 2. The zero-order chi connectivity index (χ0) is 18.8. The van der Waals surface area contributed by atoms with E-state index in [4.69, 9.17) is 0 Å². The highest BCUT2D eigenvalue weighted by atomic mass is 16.3. The third kappa shape index (κ3) is 3.83. The second kappa shape index (κ2) is 7.12. The standard InChI is InChI=1S/C23H24O3/c1-14-4-6-21(24)10-17(14)8-19-12-23(26)13-20(16(19)3)9-18-11-22(25)7-5-15(18)2/h4-7,10-13,24-26H,8-9H2,1-3H3. The summed E-state index contributed by atoms with van der Waals surface area (Å²) in [7, 11) is 0. The summed E-state index contributed by atoms with van der Waals surface area (Å²) in [5.74, 6) is 0.731. The van der Waals surface area contributed by atoms with Crippen molar-refractivity contribution < 1.29 is 15.3 Å². The van der Waals surface area contributed by atoms with Crippen LogP contribution in [0.3, 0.4) is 0 Å². The Morgan fingerprint density at radius 1 is 0.538 bits per heavy atom. The van der Waals surface area contributed by atoms with Crippen LogP contribution < -0.4 is 0 Å². The predicted octanol–water partition coefficient (Wildman–Crippen LogP) is 4.91. The SMILES string of the molecule is Cc1ccc(O)cc1Cc1cc(O)cc(Cc2cc(O)ccc2C)c1C. The van der Waals surface area contributed by atoms with Crippen LogP contribution in [0.5, 0.6) is 17.2 Å². The van der Waals surface area contributed by atoms with Crippen molar-refractivity contribution in [1.82, 2.24) is 0 Å². The third-order valence-electron chi connectivity index (χ3n) is 5.03. The Hall–Kier alpha value is -2.94. The predicted molar refractivity (Wildman–Crippen MR) is 104 cm³/mol. The summed E-state index contributed by atoms with van der Waals surface area (Å²) >= 11 is 0. The number of hydrogen-bond acceptors (Lipinski definition) is 3. The van der Waals surface area contributed by atoms with Gasteiger partial charge >= 0.3 is 0 Å². The first-order chi connectivity index (χ1) is 12.3. The Morgan fingerprint density at radius 2 is 0.923 bits per heavy atom. The average Bonchev–Trinajstić information content (AvgIpc) is 2.58. The Kier molecular flexibility index (Phi) is 4.90. The number of aromatic hydroxyl groups is 3. The van der Waals surface area contributed by atoms with Gasteiger partial charge < -0.3 is 15.3 Å². The lowest BCUT2D eigenvalue weighted by atomic mass is 9.91. The highest BCUT2D eigenvalue weighted by molar-refractivity contribution is 5.48. The molecule has 0 unspecified atom stereocenters. The fourth-order valence-corrected chi connectivity index (χ4v) is 3.30. The molecule has 0 amide bonds. The molecular weight excluding hydrogens is 324 g/mol. The molecular formula is C23H24O3. The van der Waals surface area contributed by atoms with Crippen molar-refractivity contribution in [2.75, 3.05) is 0 Å². The summed E-state index contributed by atoms with van der Waals surface area (Å²) in [6, 6.07) is 14.3. The molecule has 3 heteroatoms. The Balaban J connectivity index is 1.98. The van der Waals surface area contributed by atoms with Gasteiger partial charge in [0.25, 0.3) is 0 Å². The van der Waals surface area contributed by atoms with Gasteiger partial charge in [-0.3, -0.25) is 0 Å². The van der Waals surface area contributed by atoms with E-state index < -0.39 is 0 Å². The van der Waals surface area contributed by atoms with Crippen LogP contribution in [0.1, 0.15) is 38.9 Å². The largest absolute Gasteiger partial charge is 0.508 e. The lowest BCUT2D eigenvalue weighted by molar-refractivity contribution is 0.473. The monoisotopic (exact) mass is 348 g/mol. The van der Waals surface area contributed by atoms with E-state index in [1.54, 1.807) is 36.4 Å². The molecule has 26 heavy (non-hydrogen) atoms. The lowest BCUT2D eigenvalue weighted by Crippen LogP contribution is -2.00. The van der Waals surface area contributed by atoms with Crippen LogP contribution in [0.4, 0.5) is 0 Å². The van der Waals surface area contributed by atoms with Crippen LogP contribution in [-0.4, -0.2) is 15.3 Å². The molecule has 0 bridgehead atoms. The minimum absolute atomic E-state index is 0.233. The van der Waals surface area contributed by atoms with Gasteiger partial charge in [0.2, 0.25) is 0 Å². The van der Waals surface area contributed by atoms with Crippen molar-refractivity contribution in [3.8, 4) is 17.2 Å². The quantitative estimate of drug-likeness (QED) is 0.628. The Morgan fingerprint density at radius 3 is 1.35 bits per heavy atom. The Labute approximate surface area is 154 Å². The number of phenols is 3. The van der Waals surface area contributed by atoms with Crippen molar-refractivity contribution in [2.45, 2.75) is 33.6 Å². The van der Waals surface area contributed by atoms with E-state index >= 15 is 0 Å². The van der Waals surface area contributed by atoms with Crippen LogP contribution in [-0.2, 0) is 12.8 Å². The van der Waals surface area contributed by atoms with Crippen molar-refractivity contribution in [3.05, 3.63) is 87.5 Å². The average molecular weight is 348 g/mol. The lowest BCUT2D eigenvalue weighted by Gasteiger charge is -2.15. The van der Waals surface area contributed by atoms with Gasteiger partial charge in [-0.1, -0.05) is 12.1 Å². The minimum Gasteiger partial charge on any atom is -0.508 e. The second-order valence-corrected chi connectivity index (χ2v) is 6.96. The maximum absolute atomic E-state index is 10.2. The van der Waals surface area contributed by atoms with E-state index in [2.05, 4.69) is 6.92 Å². The zero-order valence-corrected chi connectivity index (χ0v) is 15.4. The smallest absolute Gasteiger partial charge is 0.116 e. The van der Waals surface area contributed by atoms with E-state index in [0.29, 0.717) is 12.8 Å². The summed E-state index contributed by atoms with van der Waals surface area (Å²) < 4.78 is 0. The van der Waals surface area contributed by atoms with Crippen LogP contribution in [0.15, 0.2) is 48.5 Å². The maximum Gasteiger partial charge on any atom is 0.116 e. The van der Waals surface area contributed by atoms with Crippen LogP contribution >= 0.6 is 0 Å². The fourth-order valence-electron chi connectivity index (χ4n) is 3.30. The third-order valence-corrected chi connectivity index (χ3v) is 5.03. The van der Waals surface area contributed by atoms with Crippen molar-refractivity contribution in [2.24, 2.45) is 0 Å². The Bertz CT molecular complexity index is 883. The topological polar surface area (TPSA) is 60.7 Å². The molecule has 0 spiro atoms. The van der Waals surface area contributed by atoms with Crippen LogP contribution in [0.2, 0.25) is 0 Å². The molecule has 0 fully saturated rings. The van der Waals surface area contributed by atoms with Crippen molar-refractivity contribution >= 4 is 0 Å². The van der Waals surface area contributed by atoms with E-state index in [1.807, 2.05) is 26.0 Å². The molecule has 0 atom stereocenters. The molecule has 0 saturated carbocycles. The highest BCUT2D eigenvalue weighted by Gasteiger charge is 2.12. The molecule has 134 valence electrons. The fraction of sp³-hybridized carbons (Fsp3) is 0.217. The van der Waals surface area contributed by atoms with E-state index in [-0.39, 0.29) is 17.2 Å². The van der Waals surface area contributed by atoms with Crippen molar-refractivity contribution in [1.29, 1.82) is 0 Å². The molecule has 0 radical (unpaired) electrons. The summed E-state index contributed by atoms with van der Waals surface area (Å²) in [6.07, 6.45) is 1.29. The number of hydrogen-bond donors (Lipinski definition) is 3. The van der Waals surface area contributed by atoms with Gasteiger partial charge in [-0.15, -0.1) is 0 Å². The zero-order valence-electron chi connectivity index (χ0n) is 15.4. The second-order valence-electron chi connectivity index (χ2n) is 6.96. The summed E-state index contributed by atoms with van der Waals surface area (Å²) in [6.45, 7) is 6.09. The van der Waals surface area contributed by atoms with Gasteiger partial charge in [-0.05, 0) is 109 Å². The first-order valence-corrected chi connectivity index (χ1v) is 8.72. The molecule has 0 aliphatic rings. The molecule has 3 rings (SSSR count). The molecule has 3 aromatic rings. The molecule has 3 aromatic carbocycles. The first-order valence-electron chi connectivity index (χ1n) is 8.72. The molecule has 0 heterocycles. The first kappa shape index (κ1) is 17.9. The molecule has 0 aromatic heterocycles. The van der Waals surface area contributed by atoms with Gasteiger partial charge in [-0.2, -0.15) is 0 Å². The van der Waals surface area contributed by atoms with E-state index in [9.17, 15) is 15.3 Å². The molecule has 0 aliphatic carbocycles. The molecule has 3 nitrogen and oxygen atoms in total. The van der Waals surface area contributed by atoms with Crippen LogP contribution in [0.25, 0.3) is 0 Å². The maximum atomic E-state index is 10.2. The van der Waals surface area contributed by atoms with Gasteiger partial charge in [0.05, 0.1) is 0 Å².